The number of hydrogen-bond acceptors (Lipinski definition) is 5. The van der Waals surface area contributed by atoms with E-state index in [-0.39, 0.29) is 5.91 Å². The Hall–Kier alpha value is -3.35. The van der Waals surface area contributed by atoms with Gasteiger partial charge in [0.05, 0.1) is 11.8 Å². The van der Waals surface area contributed by atoms with E-state index in [1.54, 1.807) is 17.0 Å². The highest BCUT2D eigenvalue weighted by Crippen LogP contribution is 2.35. The number of allylic oxidation sites excluding steroid dienone is 1. The van der Waals surface area contributed by atoms with Crippen molar-refractivity contribution >= 4 is 17.5 Å². The van der Waals surface area contributed by atoms with Crippen LogP contribution in [0.2, 0.25) is 0 Å². The van der Waals surface area contributed by atoms with Gasteiger partial charge < -0.3 is 15.1 Å². The van der Waals surface area contributed by atoms with Gasteiger partial charge in [-0.2, -0.15) is 10.1 Å². The number of furan rings is 1. The van der Waals surface area contributed by atoms with Gasteiger partial charge in [0.1, 0.15) is 18.1 Å². The molecule has 2 N–H and O–H groups in total. The zero-order valence-corrected chi connectivity index (χ0v) is 13.9. The molecule has 0 radical (unpaired) electrons. The summed E-state index contributed by atoms with van der Waals surface area (Å²) >= 11 is 0. The number of hydrogen-bond donors (Lipinski definition) is 2. The normalized spacial score (nSPS) is 16.3. The summed E-state index contributed by atoms with van der Waals surface area (Å²) in [5.41, 5.74) is 3.02. The van der Waals surface area contributed by atoms with E-state index >= 15 is 0 Å². The van der Waals surface area contributed by atoms with Crippen molar-refractivity contribution in [2.45, 2.75) is 19.9 Å². The van der Waals surface area contributed by atoms with Crippen molar-refractivity contribution in [2.24, 2.45) is 0 Å². The van der Waals surface area contributed by atoms with Crippen LogP contribution in [0.25, 0.3) is 0 Å². The molecule has 1 aromatic carbocycles. The molecular formula is C18H17N5O2. The van der Waals surface area contributed by atoms with Crippen molar-refractivity contribution in [2.75, 3.05) is 10.6 Å². The highest BCUT2D eigenvalue weighted by atomic mass is 16.3. The van der Waals surface area contributed by atoms with Crippen LogP contribution in [0.15, 0.2) is 64.7 Å². The Morgan fingerprint density at radius 3 is 2.84 bits per heavy atom. The summed E-state index contributed by atoms with van der Waals surface area (Å²) in [6.45, 7) is 3.80. The van der Waals surface area contributed by atoms with Gasteiger partial charge in [0.15, 0.2) is 0 Å². The summed E-state index contributed by atoms with van der Waals surface area (Å²) in [4.78, 5) is 17.2. The first-order valence-corrected chi connectivity index (χ1v) is 7.93. The fourth-order valence-electron chi connectivity index (χ4n) is 3.00. The topological polar surface area (TPSA) is 85.0 Å². The van der Waals surface area contributed by atoms with Crippen LogP contribution in [0.3, 0.4) is 0 Å². The molecule has 1 aliphatic rings. The Morgan fingerprint density at radius 2 is 2.08 bits per heavy atom. The molecule has 3 heterocycles. The van der Waals surface area contributed by atoms with E-state index in [0.717, 1.165) is 11.3 Å². The summed E-state index contributed by atoms with van der Waals surface area (Å²) in [5, 5.41) is 10.4. The fraction of sp³-hybridized carbons (Fsp3) is 0.167. The molecule has 126 valence electrons. The van der Waals surface area contributed by atoms with Gasteiger partial charge >= 0.3 is 0 Å². The smallest absolute Gasteiger partial charge is 0.256 e. The molecule has 0 spiro atoms. The standard InChI is InChI=1S/C18H17N5O2/c1-11-6-3-4-7-13(11)22-17(24)15-12(2)21-18-19-10-20-23(18)16(15)14-8-5-9-25-14/h3-10,16H,1-2H3,(H,22,24)(H,19,20,21)/t16-/m0/s1. The summed E-state index contributed by atoms with van der Waals surface area (Å²) in [7, 11) is 0. The predicted molar refractivity (Wildman–Crippen MR) is 93.0 cm³/mol. The van der Waals surface area contributed by atoms with E-state index in [4.69, 9.17) is 4.42 Å². The van der Waals surface area contributed by atoms with Crippen LogP contribution in [0.4, 0.5) is 11.6 Å². The lowest BCUT2D eigenvalue weighted by atomic mass is 10.00. The second-order valence-electron chi connectivity index (χ2n) is 5.88. The summed E-state index contributed by atoms with van der Waals surface area (Å²) in [5.74, 6) is 0.996. The lowest BCUT2D eigenvalue weighted by Gasteiger charge is -2.27. The Morgan fingerprint density at radius 1 is 1.24 bits per heavy atom. The number of benzene rings is 1. The number of aryl methyl sites for hydroxylation is 1. The molecule has 0 saturated carbocycles. The van der Waals surface area contributed by atoms with E-state index in [1.807, 2.05) is 44.2 Å². The molecule has 7 nitrogen and oxygen atoms in total. The van der Waals surface area contributed by atoms with E-state index in [0.29, 0.717) is 23.0 Å². The minimum absolute atomic E-state index is 0.207. The predicted octanol–water partition coefficient (Wildman–Crippen LogP) is 3.11. The second-order valence-corrected chi connectivity index (χ2v) is 5.88. The van der Waals surface area contributed by atoms with Crippen molar-refractivity contribution in [3.63, 3.8) is 0 Å². The summed E-state index contributed by atoms with van der Waals surface area (Å²) < 4.78 is 7.22. The molecule has 0 unspecified atom stereocenters. The van der Waals surface area contributed by atoms with Gasteiger partial charge in [-0.1, -0.05) is 18.2 Å². The molecule has 2 aromatic heterocycles. The van der Waals surface area contributed by atoms with Gasteiger partial charge in [-0.05, 0) is 37.6 Å². The molecule has 4 rings (SSSR count). The molecular weight excluding hydrogens is 318 g/mol. The largest absolute Gasteiger partial charge is 0.467 e. The van der Waals surface area contributed by atoms with Crippen LogP contribution in [0.1, 0.15) is 24.3 Å². The van der Waals surface area contributed by atoms with Gasteiger partial charge in [-0.25, -0.2) is 4.68 Å². The van der Waals surface area contributed by atoms with Crippen molar-refractivity contribution in [1.82, 2.24) is 14.8 Å². The van der Waals surface area contributed by atoms with Crippen molar-refractivity contribution in [1.29, 1.82) is 0 Å². The van der Waals surface area contributed by atoms with Gasteiger partial charge in [-0.3, -0.25) is 4.79 Å². The molecule has 3 aromatic rings. The van der Waals surface area contributed by atoms with Crippen LogP contribution >= 0.6 is 0 Å². The monoisotopic (exact) mass is 335 g/mol. The molecule has 7 heteroatoms. The number of amides is 1. The number of nitrogens with zero attached hydrogens (tertiary/aromatic N) is 3. The zero-order chi connectivity index (χ0) is 17.4. The molecule has 1 aliphatic heterocycles. The highest BCUT2D eigenvalue weighted by Gasteiger charge is 2.35. The van der Waals surface area contributed by atoms with E-state index in [9.17, 15) is 4.79 Å². The van der Waals surface area contributed by atoms with Crippen molar-refractivity contribution in [3.8, 4) is 0 Å². The number of rotatable bonds is 3. The van der Waals surface area contributed by atoms with Gasteiger partial charge in [0.2, 0.25) is 5.95 Å². The molecule has 0 fully saturated rings. The highest BCUT2D eigenvalue weighted by molar-refractivity contribution is 6.06. The van der Waals surface area contributed by atoms with Crippen molar-refractivity contribution in [3.05, 3.63) is 71.6 Å². The number of carbonyl (C=O) groups is 1. The minimum Gasteiger partial charge on any atom is -0.467 e. The third-order valence-electron chi connectivity index (χ3n) is 4.24. The van der Waals surface area contributed by atoms with Crippen LogP contribution in [0, 0.1) is 6.92 Å². The average molecular weight is 335 g/mol. The van der Waals surface area contributed by atoms with Crippen molar-refractivity contribution < 1.29 is 9.21 Å². The quantitative estimate of drug-likeness (QED) is 0.768. The number of aromatic nitrogens is 3. The lowest BCUT2D eigenvalue weighted by molar-refractivity contribution is -0.113. The van der Waals surface area contributed by atoms with E-state index in [2.05, 4.69) is 20.7 Å². The number of para-hydroxylation sites is 1. The Balaban J connectivity index is 1.76. The number of nitrogens with one attached hydrogen (secondary N) is 2. The molecule has 1 amide bonds. The average Bonchev–Trinajstić information content (AvgIpc) is 3.26. The van der Waals surface area contributed by atoms with Crippen LogP contribution < -0.4 is 10.6 Å². The van der Waals surface area contributed by atoms with Crippen LogP contribution in [0.5, 0.6) is 0 Å². The van der Waals surface area contributed by atoms with E-state index in [1.165, 1.54) is 6.33 Å². The Kier molecular flexibility index (Phi) is 3.61. The number of fused-ring (bicyclic) bond motifs is 1. The third-order valence-corrected chi connectivity index (χ3v) is 4.24. The third kappa shape index (κ3) is 2.59. The first-order chi connectivity index (χ1) is 12.1. The molecule has 0 aliphatic carbocycles. The van der Waals surface area contributed by atoms with Gasteiger partial charge in [0.25, 0.3) is 5.91 Å². The van der Waals surface area contributed by atoms with Crippen LogP contribution in [-0.2, 0) is 4.79 Å². The maximum atomic E-state index is 13.1. The zero-order valence-electron chi connectivity index (χ0n) is 13.9. The maximum Gasteiger partial charge on any atom is 0.256 e. The van der Waals surface area contributed by atoms with Crippen LogP contribution in [-0.4, -0.2) is 20.7 Å². The SMILES string of the molecule is CC1=C(C(=O)Nc2ccccc2C)[C@H](c2ccco2)n2ncnc2N1. The Bertz CT molecular complexity index is 956. The molecule has 1 atom stereocenters. The number of carbonyl (C=O) groups excluding carboxylic acids is 1. The van der Waals surface area contributed by atoms with E-state index < -0.39 is 6.04 Å². The molecule has 25 heavy (non-hydrogen) atoms. The van der Waals surface area contributed by atoms with Gasteiger partial charge in [-0.15, -0.1) is 0 Å². The second kappa shape index (κ2) is 5.94. The minimum atomic E-state index is -0.474. The fourth-order valence-corrected chi connectivity index (χ4v) is 3.00. The Labute approximate surface area is 144 Å². The summed E-state index contributed by atoms with van der Waals surface area (Å²) in [6, 6.07) is 10.8. The molecule has 0 bridgehead atoms. The maximum absolute atomic E-state index is 13.1. The number of anilines is 2. The van der Waals surface area contributed by atoms with Gasteiger partial charge in [0, 0.05) is 11.4 Å². The summed E-state index contributed by atoms with van der Waals surface area (Å²) in [6.07, 6.45) is 3.04. The lowest BCUT2D eigenvalue weighted by Crippen LogP contribution is -2.31. The molecule has 0 saturated heterocycles. The first-order valence-electron chi connectivity index (χ1n) is 7.93. The first kappa shape index (κ1) is 15.2.